The second-order valence-corrected chi connectivity index (χ2v) is 15.3. The largest absolute Gasteiger partial charge is 0.491 e. The van der Waals surface area contributed by atoms with E-state index < -0.39 is 6.04 Å². The molecule has 5 rings (SSSR count). The molecule has 2 saturated heterocycles. The van der Waals surface area contributed by atoms with Crippen molar-refractivity contribution in [3.8, 4) is 5.75 Å². The van der Waals surface area contributed by atoms with Crippen LogP contribution < -0.4 is 15.4 Å². The Balaban J connectivity index is 0.934. The molecule has 294 valence electrons. The number of ether oxygens (including phenoxy) is 5. The molecule has 11 heteroatoms. The Bertz CT molecular complexity index is 1160. The number of carbonyl (C=O) groups excluding carboxylic acids is 2. The van der Waals surface area contributed by atoms with Crippen LogP contribution >= 0.6 is 0 Å². The maximum atomic E-state index is 14.1. The Morgan fingerprint density at radius 1 is 0.769 bits per heavy atom. The molecular weight excluding hydrogens is 660 g/mol. The fourth-order valence-electron chi connectivity index (χ4n) is 8.43. The fourth-order valence-corrected chi connectivity index (χ4v) is 8.43. The van der Waals surface area contributed by atoms with Gasteiger partial charge in [-0.3, -0.25) is 9.59 Å². The normalized spacial score (nSPS) is 22.9. The number of piperidine rings is 1. The molecule has 4 aliphatic rings. The molecule has 1 aromatic rings. The van der Waals surface area contributed by atoms with Gasteiger partial charge in [-0.2, -0.15) is 0 Å². The molecule has 2 amide bonds. The van der Waals surface area contributed by atoms with E-state index in [1.807, 2.05) is 19.1 Å². The van der Waals surface area contributed by atoms with E-state index in [1.54, 1.807) is 7.05 Å². The minimum Gasteiger partial charge on any atom is -0.491 e. The molecule has 2 N–H and O–H groups in total. The van der Waals surface area contributed by atoms with Gasteiger partial charge in [0.25, 0.3) is 0 Å². The number of likely N-dealkylation sites (tertiary alicyclic amines) is 2. The molecule has 2 aliphatic heterocycles. The van der Waals surface area contributed by atoms with Gasteiger partial charge >= 0.3 is 0 Å². The number of benzene rings is 1. The predicted molar refractivity (Wildman–Crippen MR) is 203 cm³/mol. The molecule has 0 aromatic heterocycles. The molecule has 4 atom stereocenters. The number of hydrogen-bond donors (Lipinski definition) is 2. The smallest absolute Gasteiger partial charge is 0.245 e. The first-order valence-electron chi connectivity index (χ1n) is 20.6. The van der Waals surface area contributed by atoms with Gasteiger partial charge in [0.15, 0.2) is 0 Å². The zero-order valence-electron chi connectivity index (χ0n) is 32.2. The standard InChI is InChI=1S/C41H68N4O7/c1-32(42-2)40(46)43-39(35-9-5-3-6-10-35)41(47)45-22-19-34-18-21-44(31-38(34)45)20-17-33-13-15-37(16-14-33)52-30-28-50-26-24-48-23-25-49-27-29-51-36-11-7-4-8-12-36/h13-16,32,34-36,38-39,42H,3-12,17-31H2,1-2H3,(H,43,46)/t32-,34-,38-,39?/m0/s1. The molecule has 0 spiro atoms. The lowest BCUT2D eigenvalue weighted by molar-refractivity contribution is -0.140. The first kappa shape index (κ1) is 40.9. The van der Waals surface area contributed by atoms with Crippen LogP contribution in [0.15, 0.2) is 24.3 Å². The zero-order valence-corrected chi connectivity index (χ0v) is 32.2. The fraction of sp³-hybridized carbons (Fsp3) is 0.805. The van der Waals surface area contributed by atoms with Gasteiger partial charge in [0.05, 0.1) is 58.4 Å². The van der Waals surface area contributed by atoms with Crippen LogP contribution in [0, 0.1) is 11.8 Å². The highest BCUT2D eigenvalue weighted by atomic mass is 16.6. The number of nitrogens with zero attached hydrogens (tertiary/aromatic N) is 2. The topological polar surface area (TPSA) is 111 Å². The summed E-state index contributed by atoms with van der Waals surface area (Å²) in [4.78, 5) is 31.7. The Morgan fingerprint density at radius 3 is 2.06 bits per heavy atom. The maximum absolute atomic E-state index is 14.1. The van der Waals surface area contributed by atoms with Crippen LogP contribution in [-0.2, 0) is 35.0 Å². The first-order chi connectivity index (χ1) is 25.5. The number of rotatable bonds is 22. The van der Waals surface area contributed by atoms with Gasteiger partial charge in [0, 0.05) is 25.7 Å². The van der Waals surface area contributed by atoms with E-state index in [9.17, 15) is 9.59 Å². The second-order valence-electron chi connectivity index (χ2n) is 15.3. The highest BCUT2D eigenvalue weighted by Gasteiger charge is 2.44. The molecule has 1 unspecified atom stereocenters. The van der Waals surface area contributed by atoms with Gasteiger partial charge in [-0.15, -0.1) is 0 Å². The number of hydrogen-bond acceptors (Lipinski definition) is 9. The molecular formula is C41H68N4O7. The SMILES string of the molecule is CN[C@@H](C)C(=O)NC(C(=O)N1CC[C@@H]2CCN(CCc3ccc(OCCOCCOCCOCCOC4CCCCC4)cc3)C[C@@H]21)C1CCCCC1. The van der Waals surface area contributed by atoms with Crippen molar-refractivity contribution in [1.29, 1.82) is 0 Å². The van der Waals surface area contributed by atoms with Crippen LogP contribution in [0.3, 0.4) is 0 Å². The minimum atomic E-state index is -0.420. The zero-order chi connectivity index (χ0) is 36.4. The van der Waals surface area contributed by atoms with Crippen molar-refractivity contribution in [1.82, 2.24) is 20.4 Å². The van der Waals surface area contributed by atoms with Crippen molar-refractivity contribution < 1.29 is 33.3 Å². The van der Waals surface area contributed by atoms with Gasteiger partial charge in [-0.25, -0.2) is 0 Å². The van der Waals surface area contributed by atoms with Crippen molar-refractivity contribution in [2.24, 2.45) is 11.8 Å². The molecule has 2 aliphatic carbocycles. The van der Waals surface area contributed by atoms with Crippen molar-refractivity contribution in [2.45, 2.75) is 115 Å². The molecule has 1 aromatic carbocycles. The van der Waals surface area contributed by atoms with Crippen molar-refractivity contribution >= 4 is 11.8 Å². The quantitative estimate of drug-likeness (QED) is 0.166. The highest BCUT2D eigenvalue weighted by Crippen LogP contribution is 2.34. The van der Waals surface area contributed by atoms with E-state index in [2.05, 4.69) is 32.6 Å². The Kier molecular flexibility index (Phi) is 17.9. The van der Waals surface area contributed by atoms with E-state index in [0.29, 0.717) is 64.9 Å². The third-order valence-electron chi connectivity index (χ3n) is 11.8. The molecule has 2 heterocycles. The average Bonchev–Trinajstić information content (AvgIpc) is 3.62. The number of fused-ring (bicyclic) bond motifs is 1. The van der Waals surface area contributed by atoms with E-state index >= 15 is 0 Å². The van der Waals surface area contributed by atoms with Gasteiger partial charge in [0.2, 0.25) is 11.8 Å². The monoisotopic (exact) mass is 729 g/mol. The first-order valence-corrected chi connectivity index (χ1v) is 20.6. The summed E-state index contributed by atoms with van der Waals surface area (Å²) < 4.78 is 28.6. The predicted octanol–water partition coefficient (Wildman–Crippen LogP) is 4.60. The van der Waals surface area contributed by atoms with E-state index in [0.717, 1.165) is 76.9 Å². The molecule has 2 saturated carbocycles. The van der Waals surface area contributed by atoms with Crippen LogP contribution in [0.25, 0.3) is 0 Å². The third kappa shape index (κ3) is 13.2. The van der Waals surface area contributed by atoms with Gasteiger partial charge in [-0.05, 0) is 95.0 Å². The lowest BCUT2D eigenvalue weighted by Gasteiger charge is -2.41. The molecule has 0 radical (unpaired) electrons. The van der Waals surface area contributed by atoms with Gasteiger partial charge < -0.3 is 44.1 Å². The summed E-state index contributed by atoms with van der Waals surface area (Å²) >= 11 is 0. The van der Waals surface area contributed by atoms with Crippen LogP contribution in [0.4, 0.5) is 0 Å². The maximum Gasteiger partial charge on any atom is 0.245 e. The summed E-state index contributed by atoms with van der Waals surface area (Å²) in [5.74, 6) is 1.68. The van der Waals surface area contributed by atoms with E-state index in [1.165, 1.54) is 44.1 Å². The molecule has 52 heavy (non-hydrogen) atoms. The van der Waals surface area contributed by atoms with Crippen LogP contribution in [0.5, 0.6) is 5.75 Å². The lowest BCUT2D eigenvalue weighted by atomic mass is 9.83. The summed E-state index contributed by atoms with van der Waals surface area (Å²) in [7, 11) is 1.79. The van der Waals surface area contributed by atoms with Crippen LogP contribution in [0.1, 0.15) is 89.5 Å². The average molecular weight is 729 g/mol. The molecule has 0 bridgehead atoms. The van der Waals surface area contributed by atoms with Crippen molar-refractivity contribution in [2.75, 3.05) is 86.1 Å². The molecule has 11 nitrogen and oxygen atoms in total. The minimum absolute atomic E-state index is 0.0819. The summed E-state index contributed by atoms with van der Waals surface area (Å²) in [5, 5.41) is 6.21. The number of likely N-dealkylation sites (N-methyl/N-ethyl adjacent to an activating group) is 1. The Labute approximate surface area is 313 Å². The van der Waals surface area contributed by atoms with Crippen LogP contribution in [0.2, 0.25) is 0 Å². The van der Waals surface area contributed by atoms with E-state index in [4.69, 9.17) is 23.7 Å². The number of carbonyl (C=O) groups is 2. The highest BCUT2D eigenvalue weighted by molar-refractivity contribution is 5.90. The summed E-state index contributed by atoms with van der Waals surface area (Å²) in [6.45, 7) is 10.1. The van der Waals surface area contributed by atoms with E-state index in [-0.39, 0.29) is 29.8 Å². The molecule has 4 fully saturated rings. The Morgan fingerprint density at radius 2 is 1.38 bits per heavy atom. The third-order valence-corrected chi connectivity index (χ3v) is 11.8. The van der Waals surface area contributed by atoms with Crippen molar-refractivity contribution in [3.05, 3.63) is 29.8 Å². The van der Waals surface area contributed by atoms with Gasteiger partial charge in [0.1, 0.15) is 18.4 Å². The summed E-state index contributed by atoms with van der Waals surface area (Å²) in [5.41, 5.74) is 1.28. The summed E-state index contributed by atoms with van der Waals surface area (Å²) in [6, 6.07) is 7.86. The summed E-state index contributed by atoms with van der Waals surface area (Å²) in [6.07, 6.45) is 15.4. The van der Waals surface area contributed by atoms with Crippen LogP contribution in [-0.4, -0.2) is 132 Å². The Hall–Kier alpha value is -2.28. The lowest BCUT2D eigenvalue weighted by Crippen LogP contribution is -2.58. The number of nitrogens with one attached hydrogen (secondary N) is 2. The second kappa shape index (κ2) is 22.8. The van der Waals surface area contributed by atoms with Gasteiger partial charge in [-0.1, -0.05) is 50.7 Å². The van der Waals surface area contributed by atoms with Crippen molar-refractivity contribution in [3.63, 3.8) is 0 Å². The number of amides is 2.